The van der Waals surface area contributed by atoms with Gasteiger partial charge in [-0.25, -0.2) is 0 Å². The minimum atomic E-state index is -0.327. The summed E-state index contributed by atoms with van der Waals surface area (Å²) in [6.45, 7) is 4.10. The molecule has 2 heteroatoms. The van der Waals surface area contributed by atoms with Crippen LogP contribution >= 0.6 is 0 Å². The SMILES string of the molecule is Cc1ccc(C(C(=O)Nc2ccccc2)c2ccc(C)cc2)cc1. The van der Waals surface area contributed by atoms with Crippen molar-refractivity contribution in [3.63, 3.8) is 0 Å². The van der Waals surface area contributed by atoms with Crippen molar-refractivity contribution in [2.75, 3.05) is 5.32 Å². The van der Waals surface area contributed by atoms with Crippen molar-refractivity contribution in [1.29, 1.82) is 0 Å². The van der Waals surface area contributed by atoms with Gasteiger partial charge in [-0.3, -0.25) is 4.79 Å². The van der Waals surface area contributed by atoms with Crippen LogP contribution in [0.4, 0.5) is 5.69 Å². The van der Waals surface area contributed by atoms with Crippen LogP contribution in [0.3, 0.4) is 0 Å². The normalized spacial score (nSPS) is 10.6. The second-order valence-corrected chi connectivity index (χ2v) is 6.11. The third-order valence-electron chi connectivity index (χ3n) is 4.12. The first-order valence-electron chi connectivity index (χ1n) is 8.12. The monoisotopic (exact) mass is 315 g/mol. The van der Waals surface area contributed by atoms with Crippen LogP contribution in [0.25, 0.3) is 0 Å². The molecule has 3 aromatic rings. The zero-order valence-electron chi connectivity index (χ0n) is 14.0. The van der Waals surface area contributed by atoms with Gasteiger partial charge in [0.1, 0.15) is 0 Å². The highest BCUT2D eigenvalue weighted by molar-refractivity contribution is 5.98. The lowest BCUT2D eigenvalue weighted by Gasteiger charge is -2.18. The number of aryl methyl sites for hydroxylation is 2. The number of benzene rings is 3. The highest BCUT2D eigenvalue weighted by Crippen LogP contribution is 2.27. The first-order chi connectivity index (χ1) is 11.6. The molecular weight excluding hydrogens is 294 g/mol. The molecule has 2 nitrogen and oxygen atoms in total. The first kappa shape index (κ1) is 16.0. The molecule has 0 saturated heterocycles. The summed E-state index contributed by atoms with van der Waals surface area (Å²) in [6, 6.07) is 25.9. The predicted molar refractivity (Wildman–Crippen MR) is 99.3 cm³/mol. The molecule has 1 amide bonds. The Morgan fingerprint density at radius 3 is 1.62 bits per heavy atom. The first-order valence-corrected chi connectivity index (χ1v) is 8.12. The molecule has 3 aromatic carbocycles. The van der Waals surface area contributed by atoms with E-state index in [4.69, 9.17) is 0 Å². The number of hydrogen-bond donors (Lipinski definition) is 1. The van der Waals surface area contributed by atoms with E-state index in [2.05, 4.69) is 19.2 Å². The van der Waals surface area contributed by atoms with Gasteiger partial charge in [0, 0.05) is 5.69 Å². The highest BCUT2D eigenvalue weighted by Gasteiger charge is 2.22. The van der Waals surface area contributed by atoms with Gasteiger partial charge in [0.25, 0.3) is 0 Å². The summed E-state index contributed by atoms with van der Waals surface area (Å²) >= 11 is 0. The molecule has 0 spiro atoms. The molecule has 24 heavy (non-hydrogen) atoms. The van der Waals surface area contributed by atoms with E-state index in [0.29, 0.717) is 0 Å². The Kier molecular flexibility index (Phi) is 4.76. The van der Waals surface area contributed by atoms with Crippen LogP contribution in [0.5, 0.6) is 0 Å². The van der Waals surface area contributed by atoms with Crippen LogP contribution in [-0.2, 0) is 4.79 Å². The fourth-order valence-corrected chi connectivity index (χ4v) is 2.75. The van der Waals surface area contributed by atoms with Crippen molar-refractivity contribution in [3.05, 3.63) is 101 Å². The lowest BCUT2D eigenvalue weighted by Crippen LogP contribution is -2.22. The molecular formula is C22H21NO. The Morgan fingerprint density at radius 2 is 1.17 bits per heavy atom. The zero-order chi connectivity index (χ0) is 16.9. The molecule has 0 unspecified atom stereocenters. The average molecular weight is 315 g/mol. The quantitative estimate of drug-likeness (QED) is 0.715. The smallest absolute Gasteiger partial charge is 0.236 e. The summed E-state index contributed by atoms with van der Waals surface area (Å²) in [5.41, 5.74) is 5.18. The van der Waals surface area contributed by atoms with E-state index in [-0.39, 0.29) is 11.8 Å². The van der Waals surface area contributed by atoms with Crippen LogP contribution in [0.15, 0.2) is 78.9 Å². The van der Waals surface area contributed by atoms with Crippen molar-refractivity contribution >= 4 is 11.6 Å². The van der Waals surface area contributed by atoms with Crippen LogP contribution < -0.4 is 5.32 Å². The van der Waals surface area contributed by atoms with E-state index in [9.17, 15) is 4.79 Å². The second kappa shape index (κ2) is 7.14. The fourth-order valence-electron chi connectivity index (χ4n) is 2.75. The standard InChI is InChI=1S/C22H21NO/c1-16-8-12-18(13-9-16)21(19-14-10-17(2)11-15-19)22(24)23-20-6-4-3-5-7-20/h3-15,21H,1-2H3,(H,23,24). The van der Waals surface area contributed by atoms with Crippen molar-refractivity contribution in [2.45, 2.75) is 19.8 Å². The summed E-state index contributed by atoms with van der Waals surface area (Å²) in [5.74, 6) is -0.347. The number of hydrogen-bond acceptors (Lipinski definition) is 1. The van der Waals surface area contributed by atoms with E-state index in [1.165, 1.54) is 11.1 Å². The Balaban J connectivity index is 1.96. The van der Waals surface area contributed by atoms with Gasteiger partial charge < -0.3 is 5.32 Å². The Labute approximate surface area is 143 Å². The molecule has 0 aliphatic heterocycles. The Bertz CT molecular complexity index is 759. The number of rotatable bonds is 4. The van der Waals surface area contributed by atoms with Crippen molar-refractivity contribution in [2.24, 2.45) is 0 Å². The van der Waals surface area contributed by atoms with Gasteiger partial charge in [-0.15, -0.1) is 0 Å². The summed E-state index contributed by atoms with van der Waals surface area (Å²) in [7, 11) is 0. The number of amides is 1. The number of nitrogens with one attached hydrogen (secondary N) is 1. The Morgan fingerprint density at radius 1 is 0.708 bits per heavy atom. The van der Waals surface area contributed by atoms with E-state index >= 15 is 0 Å². The van der Waals surface area contributed by atoms with E-state index in [0.717, 1.165) is 16.8 Å². The maximum Gasteiger partial charge on any atom is 0.236 e. The molecule has 0 radical (unpaired) electrons. The maximum atomic E-state index is 13.0. The average Bonchev–Trinajstić information content (AvgIpc) is 2.59. The molecule has 0 bridgehead atoms. The van der Waals surface area contributed by atoms with Gasteiger partial charge in [-0.2, -0.15) is 0 Å². The molecule has 0 aliphatic rings. The molecule has 0 aromatic heterocycles. The second-order valence-electron chi connectivity index (χ2n) is 6.11. The third-order valence-corrected chi connectivity index (χ3v) is 4.12. The molecule has 0 saturated carbocycles. The molecule has 120 valence electrons. The molecule has 0 aliphatic carbocycles. The molecule has 3 rings (SSSR count). The van der Waals surface area contributed by atoms with Gasteiger partial charge in [0.2, 0.25) is 5.91 Å². The largest absolute Gasteiger partial charge is 0.325 e. The summed E-state index contributed by atoms with van der Waals surface area (Å²) in [6.07, 6.45) is 0. The van der Waals surface area contributed by atoms with Crippen molar-refractivity contribution < 1.29 is 4.79 Å². The maximum absolute atomic E-state index is 13.0. The van der Waals surface area contributed by atoms with E-state index in [1.807, 2.05) is 78.9 Å². The molecule has 0 fully saturated rings. The number of para-hydroxylation sites is 1. The predicted octanol–water partition coefficient (Wildman–Crippen LogP) is 5.07. The molecule has 0 heterocycles. The number of anilines is 1. The van der Waals surface area contributed by atoms with Gasteiger partial charge in [-0.1, -0.05) is 77.9 Å². The van der Waals surface area contributed by atoms with Crippen LogP contribution in [0.2, 0.25) is 0 Å². The van der Waals surface area contributed by atoms with Crippen LogP contribution in [0.1, 0.15) is 28.2 Å². The summed E-state index contributed by atoms with van der Waals surface area (Å²) in [4.78, 5) is 13.0. The lowest BCUT2D eigenvalue weighted by molar-refractivity contribution is -0.116. The van der Waals surface area contributed by atoms with Crippen LogP contribution in [0, 0.1) is 13.8 Å². The van der Waals surface area contributed by atoms with Gasteiger partial charge in [0.05, 0.1) is 5.92 Å². The third kappa shape index (κ3) is 3.72. The summed E-state index contributed by atoms with van der Waals surface area (Å²) in [5, 5.41) is 3.03. The lowest BCUT2D eigenvalue weighted by atomic mass is 9.89. The van der Waals surface area contributed by atoms with Gasteiger partial charge >= 0.3 is 0 Å². The minimum absolute atomic E-state index is 0.0195. The molecule has 0 atom stereocenters. The highest BCUT2D eigenvalue weighted by atomic mass is 16.1. The van der Waals surface area contributed by atoms with Crippen molar-refractivity contribution in [3.8, 4) is 0 Å². The zero-order valence-corrected chi connectivity index (χ0v) is 14.0. The molecule has 1 N–H and O–H groups in total. The van der Waals surface area contributed by atoms with Gasteiger partial charge in [-0.05, 0) is 37.1 Å². The van der Waals surface area contributed by atoms with Gasteiger partial charge in [0.15, 0.2) is 0 Å². The minimum Gasteiger partial charge on any atom is -0.325 e. The summed E-state index contributed by atoms with van der Waals surface area (Å²) < 4.78 is 0. The van der Waals surface area contributed by atoms with E-state index in [1.54, 1.807) is 0 Å². The fraction of sp³-hybridized carbons (Fsp3) is 0.136. The van der Waals surface area contributed by atoms with Crippen molar-refractivity contribution in [1.82, 2.24) is 0 Å². The number of carbonyl (C=O) groups is 1. The number of carbonyl (C=O) groups excluding carboxylic acids is 1. The Hall–Kier alpha value is -2.87. The topological polar surface area (TPSA) is 29.1 Å². The van der Waals surface area contributed by atoms with E-state index < -0.39 is 0 Å². The van der Waals surface area contributed by atoms with Crippen LogP contribution in [-0.4, -0.2) is 5.91 Å².